The van der Waals surface area contributed by atoms with Gasteiger partial charge in [0, 0.05) is 23.2 Å². The van der Waals surface area contributed by atoms with Crippen LogP contribution in [-0.4, -0.2) is 28.8 Å². The Balaban J connectivity index is 1.72. The molecule has 2 aliphatic rings. The summed E-state index contributed by atoms with van der Waals surface area (Å²) in [4.78, 5) is 17.6. The van der Waals surface area contributed by atoms with Crippen LogP contribution >= 0.6 is 12.2 Å². The molecule has 0 aromatic heterocycles. The molecule has 3 aromatic rings. The lowest BCUT2D eigenvalue weighted by atomic mass is 9.88. The summed E-state index contributed by atoms with van der Waals surface area (Å²) in [6, 6.07) is 23.0. The summed E-state index contributed by atoms with van der Waals surface area (Å²) in [6.45, 7) is 3.96. The molecule has 1 amide bonds. The number of hydrogen-bond donors (Lipinski definition) is 0. The fourth-order valence-electron chi connectivity index (χ4n) is 4.74. The summed E-state index contributed by atoms with van der Waals surface area (Å²) in [5.74, 6) is 1.18. The van der Waals surface area contributed by atoms with Crippen LogP contribution in [0.5, 0.6) is 11.5 Å². The Morgan fingerprint density at radius 3 is 2.50 bits per heavy atom. The molecule has 2 atom stereocenters. The van der Waals surface area contributed by atoms with Crippen LogP contribution in [0.3, 0.4) is 0 Å². The summed E-state index contributed by atoms with van der Waals surface area (Å²) < 4.78 is 12.2. The third kappa shape index (κ3) is 3.06. The van der Waals surface area contributed by atoms with Gasteiger partial charge < -0.3 is 9.47 Å². The minimum atomic E-state index is -0.771. The molecule has 0 N–H and O–H groups in total. The van der Waals surface area contributed by atoms with E-state index in [9.17, 15) is 4.79 Å². The van der Waals surface area contributed by atoms with E-state index in [-0.39, 0.29) is 11.9 Å². The highest BCUT2D eigenvalue weighted by Gasteiger charge is 2.54. The van der Waals surface area contributed by atoms with Crippen molar-refractivity contribution in [3.63, 3.8) is 0 Å². The van der Waals surface area contributed by atoms with E-state index in [4.69, 9.17) is 21.7 Å². The summed E-state index contributed by atoms with van der Waals surface area (Å²) in [5.41, 5.74) is 2.56. The molecular weight excluding hydrogens is 420 g/mol. The number of para-hydroxylation sites is 2. The number of benzene rings is 3. The predicted molar refractivity (Wildman–Crippen MR) is 128 cm³/mol. The maximum atomic E-state index is 13.9. The number of amides is 1. The number of methoxy groups -OCH3 is 1. The smallest absolute Gasteiger partial charge is 0.260 e. The minimum absolute atomic E-state index is 0.114. The molecule has 0 radical (unpaired) electrons. The monoisotopic (exact) mass is 444 g/mol. The van der Waals surface area contributed by atoms with Gasteiger partial charge in [-0.1, -0.05) is 48.5 Å². The van der Waals surface area contributed by atoms with Crippen molar-refractivity contribution in [1.82, 2.24) is 4.90 Å². The van der Waals surface area contributed by atoms with E-state index < -0.39 is 5.72 Å². The SMILES string of the molecule is COc1cccc2c1O[C@@]1(C)C[C@H]2N(C(=O)c2ccccc2C)C(=S)N1c1ccccc1. The first kappa shape index (κ1) is 20.5. The van der Waals surface area contributed by atoms with Crippen LogP contribution < -0.4 is 14.4 Å². The Bertz CT molecular complexity index is 1210. The van der Waals surface area contributed by atoms with Gasteiger partial charge in [-0.2, -0.15) is 0 Å². The predicted octanol–water partition coefficient (Wildman–Crippen LogP) is 5.49. The van der Waals surface area contributed by atoms with Gasteiger partial charge in [-0.3, -0.25) is 14.6 Å². The van der Waals surface area contributed by atoms with Gasteiger partial charge in [0.1, 0.15) is 0 Å². The first-order valence-electron chi connectivity index (χ1n) is 10.6. The number of carbonyl (C=O) groups excluding carboxylic acids is 1. The number of hydrogen-bond acceptors (Lipinski definition) is 4. The zero-order chi connectivity index (χ0) is 22.5. The maximum absolute atomic E-state index is 13.9. The van der Waals surface area contributed by atoms with Gasteiger partial charge in [-0.25, -0.2) is 0 Å². The molecule has 3 aromatic carbocycles. The third-order valence-corrected chi connectivity index (χ3v) is 6.65. The molecule has 2 aliphatic heterocycles. The molecular formula is C26H24N2O3S. The highest BCUT2D eigenvalue weighted by atomic mass is 32.1. The van der Waals surface area contributed by atoms with Crippen LogP contribution in [0, 0.1) is 6.92 Å². The second-order valence-corrected chi connectivity index (χ2v) is 8.68. The van der Waals surface area contributed by atoms with E-state index >= 15 is 0 Å². The van der Waals surface area contributed by atoms with Crippen LogP contribution in [0.25, 0.3) is 0 Å². The quantitative estimate of drug-likeness (QED) is 0.500. The fourth-order valence-corrected chi connectivity index (χ4v) is 5.25. The van der Waals surface area contributed by atoms with E-state index in [2.05, 4.69) is 0 Å². The molecule has 1 saturated heterocycles. The first-order valence-corrected chi connectivity index (χ1v) is 11.0. The van der Waals surface area contributed by atoms with Gasteiger partial charge in [-0.05, 0) is 55.9 Å². The Labute approximate surface area is 193 Å². The van der Waals surface area contributed by atoms with E-state index in [1.54, 1.807) is 12.0 Å². The zero-order valence-electron chi connectivity index (χ0n) is 18.2. The minimum Gasteiger partial charge on any atom is -0.493 e. The van der Waals surface area contributed by atoms with Crippen molar-refractivity contribution >= 4 is 28.9 Å². The number of fused-ring (bicyclic) bond motifs is 4. The van der Waals surface area contributed by atoms with Crippen LogP contribution in [0.1, 0.15) is 40.9 Å². The van der Waals surface area contributed by atoms with Crippen LogP contribution in [0.2, 0.25) is 0 Å². The molecule has 0 aliphatic carbocycles. The number of anilines is 1. The van der Waals surface area contributed by atoms with Gasteiger partial charge in [0.05, 0.1) is 13.2 Å². The molecule has 5 nitrogen and oxygen atoms in total. The van der Waals surface area contributed by atoms with Crippen molar-refractivity contribution in [2.75, 3.05) is 12.0 Å². The summed E-state index contributed by atoms with van der Waals surface area (Å²) >= 11 is 5.99. The second kappa shape index (κ2) is 7.64. The highest BCUT2D eigenvalue weighted by molar-refractivity contribution is 7.80. The number of rotatable bonds is 3. The third-order valence-electron chi connectivity index (χ3n) is 6.27. The number of carbonyl (C=O) groups is 1. The lowest BCUT2D eigenvalue weighted by molar-refractivity contribution is 0.0162. The lowest BCUT2D eigenvalue weighted by Crippen LogP contribution is -2.67. The van der Waals surface area contributed by atoms with Crippen molar-refractivity contribution < 1.29 is 14.3 Å². The van der Waals surface area contributed by atoms with Crippen molar-refractivity contribution in [1.29, 1.82) is 0 Å². The molecule has 32 heavy (non-hydrogen) atoms. The van der Waals surface area contributed by atoms with Crippen molar-refractivity contribution in [3.05, 3.63) is 89.5 Å². The Hall–Kier alpha value is -3.38. The number of nitrogens with zero attached hydrogens (tertiary/aromatic N) is 2. The molecule has 1 fully saturated rings. The zero-order valence-corrected chi connectivity index (χ0v) is 19.1. The van der Waals surface area contributed by atoms with Crippen molar-refractivity contribution in [2.24, 2.45) is 0 Å². The van der Waals surface area contributed by atoms with Crippen molar-refractivity contribution in [2.45, 2.75) is 32.0 Å². The van der Waals surface area contributed by atoms with E-state index in [1.807, 2.05) is 91.5 Å². The average molecular weight is 445 g/mol. The van der Waals surface area contributed by atoms with Gasteiger partial charge in [0.2, 0.25) is 0 Å². The molecule has 5 rings (SSSR count). The summed E-state index contributed by atoms with van der Waals surface area (Å²) in [7, 11) is 1.63. The summed E-state index contributed by atoms with van der Waals surface area (Å²) in [6.07, 6.45) is 0.569. The molecule has 162 valence electrons. The maximum Gasteiger partial charge on any atom is 0.260 e. The van der Waals surface area contributed by atoms with Gasteiger partial charge >= 0.3 is 0 Å². The van der Waals surface area contributed by atoms with Crippen molar-refractivity contribution in [3.8, 4) is 11.5 Å². The van der Waals surface area contributed by atoms with E-state index in [1.165, 1.54) is 0 Å². The summed E-state index contributed by atoms with van der Waals surface area (Å²) in [5, 5.41) is 0.427. The standard InChI is InChI=1S/C26H24N2O3S/c1-17-10-7-8-13-19(17)24(29)27-21-16-26(2,28(25(27)32)18-11-5-4-6-12-18)31-23-20(21)14-9-15-22(23)30-3/h4-15,21H,16H2,1-3H3/t21-,26+/m1/s1. The molecule has 6 heteroatoms. The Morgan fingerprint density at radius 2 is 1.78 bits per heavy atom. The van der Waals surface area contributed by atoms with E-state index in [0.717, 1.165) is 16.8 Å². The van der Waals surface area contributed by atoms with Crippen LogP contribution in [-0.2, 0) is 0 Å². The largest absolute Gasteiger partial charge is 0.493 e. The lowest BCUT2D eigenvalue weighted by Gasteiger charge is -2.55. The molecule has 0 unspecified atom stereocenters. The normalized spacial score (nSPS) is 21.6. The number of ether oxygens (including phenoxy) is 2. The Kier molecular flexibility index (Phi) is 4.90. The van der Waals surface area contributed by atoms with Crippen LogP contribution in [0.4, 0.5) is 5.69 Å². The van der Waals surface area contributed by atoms with Gasteiger partial charge in [0.25, 0.3) is 5.91 Å². The molecule has 0 saturated carbocycles. The molecule has 2 heterocycles. The number of aryl methyl sites for hydroxylation is 1. The molecule has 0 spiro atoms. The average Bonchev–Trinajstić information content (AvgIpc) is 2.79. The van der Waals surface area contributed by atoms with E-state index in [0.29, 0.717) is 28.6 Å². The molecule has 2 bridgehead atoms. The number of thiocarbonyl (C=S) groups is 1. The second-order valence-electron chi connectivity index (χ2n) is 8.32. The topological polar surface area (TPSA) is 42.0 Å². The first-order chi connectivity index (χ1) is 15.4. The fraction of sp³-hybridized carbons (Fsp3) is 0.231. The Morgan fingerprint density at radius 1 is 1.06 bits per heavy atom. The van der Waals surface area contributed by atoms with Gasteiger partial charge in [0.15, 0.2) is 22.3 Å². The highest BCUT2D eigenvalue weighted by Crippen LogP contribution is 2.52. The van der Waals surface area contributed by atoms with Crippen LogP contribution in [0.15, 0.2) is 72.8 Å². The van der Waals surface area contributed by atoms with Gasteiger partial charge in [-0.15, -0.1) is 0 Å².